The predicted octanol–water partition coefficient (Wildman–Crippen LogP) is 0.116. The van der Waals surface area contributed by atoms with Gasteiger partial charge in [-0.25, -0.2) is 0 Å². The Morgan fingerprint density at radius 2 is 1.75 bits per heavy atom. The van der Waals surface area contributed by atoms with E-state index in [1.807, 2.05) is 0 Å². The zero-order valence-corrected chi connectivity index (χ0v) is 6.52. The van der Waals surface area contributed by atoms with Gasteiger partial charge in [0.15, 0.2) is 6.29 Å². The topological polar surface area (TPSA) is 17.1 Å². The Morgan fingerprint density at radius 3 is 1.75 bits per heavy atom. The molecule has 0 rings (SSSR count). The summed E-state index contributed by atoms with van der Waals surface area (Å²) in [6.45, 7) is 1.32. The van der Waals surface area contributed by atoms with Gasteiger partial charge in [-0.2, -0.15) is 0 Å². The Hall–Kier alpha value is 0.995. The molecule has 0 aliphatic rings. The zero-order chi connectivity index (χ0) is 2.71. The minimum absolute atomic E-state index is 0. The van der Waals surface area contributed by atoms with Crippen molar-refractivity contribution in [2.45, 2.75) is 6.92 Å². The SMILES string of the molecule is C[C]=O.[Th]. The number of hydrogen-bond donors (Lipinski definition) is 0. The van der Waals surface area contributed by atoms with Crippen molar-refractivity contribution in [1.82, 2.24) is 0 Å². The van der Waals surface area contributed by atoms with E-state index in [0.717, 1.165) is 0 Å². The summed E-state index contributed by atoms with van der Waals surface area (Å²) in [4.78, 5) is 8.68. The summed E-state index contributed by atoms with van der Waals surface area (Å²) < 4.78 is 0. The smallest absolute Gasteiger partial charge is 0.195 e. The molecule has 2 heteroatoms. The van der Waals surface area contributed by atoms with E-state index in [4.69, 9.17) is 4.79 Å². The van der Waals surface area contributed by atoms with Crippen molar-refractivity contribution in [3.05, 3.63) is 0 Å². The summed E-state index contributed by atoms with van der Waals surface area (Å²) in [5, 5.41) is 0. The summed E-state index contributed by atoms with van der Waals surface area (Å²) in [5.41, 5.74) is 0. The third-order valence-electron chi connectivity index (χ3n) is 0. The van der Waals surface area contributed by atoms with Gasteiger partial charge in [-0.05, 0) is 0 Å². The van der Waals surface area contributed by atoms with Gasteiger partial charge in [0.25, 0.3) is 0 Å². The Bertz CT molecular complexity index is 13.5. The molecule has 0 saturated heterocycles. The monoisotopic (exact) mass is 275 g/mol. The van der Waals surface area contributed by atoms with Gasteiger partial charge in [-0.1, -0.05) is 0 Å². The Morgan fingerprint density at radius 1 is 1.75 bits per heavy atom. The van der Waals surface area contributed by atoms with Crippen molar-refractivity contribution in [1.29, 1.82) is 0 Å². The van der Waals surface area contributed by atoms with Crippen LogP contribution < -0.4 is 0 Å². The molecule has 0 aromatic heterocycles. The molecule has 0 heterocycles. The standard InChI is InChI=1S/C2H3O.Th/c1-2-3;/h1H3;. The quantitative estimate of drug-likeness (QED) is 0.613. The molecule has 1 nitrogen and oxygen atoms in total. The molecule has 0 fully saturated rings. The Balaban J connectivity index is 0. The van der Waals surface area contributed by atoms with Crippen LogP contribution in [0.4, 0.5) is 0 Å². The van der Waals surface area contributed by atoms with Crippen LogP contribution in [0.2, 0.25) is 0 Å². The fraction of sp³-hybridized carbons (Fsp3) is 0.500. The van der Waals surface area contributed by atoms with Gasteiger partial charge in [0, 0.05) is 46.9 Å². The first-order chi connectivity index (χ1) is 1.41. The summed E-state index contributed by atoms with van der Waals surface area (Å²) in [6, 6.07) is 0. The molecule has 4 heavy (non-hydrogen) atoms. The normalized spacial score (nSPS) is 3.25. The van der Waals surface area contributed by atoms with E-state index < -0.39 is 0 Å². The van der Waals surface area contributed by atoms with E-state index in [2.05, 4.69) is 0 Å². The first-order valence-corrected chi connectivity index (χ1v) is 0.704. The minimum Gasteiger partial charge on any atom is -0.291 e. The van der Waals surface area contributed by atoms with Crippen LogP contribution in [0.3, 0.4) is 0 Å². The third kappa shape index (κ3) is 12.0. The molecule has 0 aromatic rings. The average molecular weight is 275 g/mol. The number of hydrogen-bond acceptors (Lipinski definition) is 1. The van der Waals surface area contributed by atoms with Crippen LogP contribution in [-0.4, -0.2) is 6.29 Å². The maximum Gasteiger partial charge on any atom is 0.195 e. The van der Waals surface area contributed by atoms with Crippen LogP contribution in [0, 0.1) is 39.9 Å². The molecule has 0 saturated carbocycles. The van der Waals surface area contributed by atoms with E-state index in [-0.39, 0.29) is 39.9 Å². The van der Waals surface area contributed by atoms with Crippen LogP contribution in [0.5, 0.6) is 0 Å². The molecule has 0 atom stereocenters. The van der Waals surface area contributed by atoms with Crippen molar-refractivity contribution >= 4 is 6.29 Å². The zero-order valence-electron chi connectivity index (χ0n) is 2.41. The van der Waals surface area contributed by atoms with Gasteiger partial charge in [0.05, 0.1) is 0 Å². The summed E-state index contributed by atoms with van der Waals surface area (Å²) in [5.74, 6) is 0. The largest absolute Gasteiger partial charge is 0.291 e. The van der Waals surface area contributed by atoms with E-state index in [1.165, 1.54) is 13.2 Å². The molecule has 21 valence electrons. The van der Waals surface area contributed by atoms with Crippen LogP contribution in [-0.2, 0) is 4.79 Å². The maximum atomic E-state index is 8.68. The number of rotatable bonds is 0. The third-order valence-corrected chi connectivity index (χ3v) is 0. The molecule has 0 amide bonds. The van der Waals surface area contributed by atoms with E-state index in [9.17, 15) is 0 Å². The molecule has 0 spiro atoms. The van der Waals surface area contributed by atoms with Crippen LogP contribution in [0.1, 0.15) is 6.92 Å². The van der Waals surface area contributed by atoms with Gasteiger partial charge in [0.2, 0.25) is 0 Å². The Kier molecular flexibility index (Phi) is 20.0. The van der Waals surface area contributed by atoms with Crippen LogP contribution in [0.15, 0.2) is 0 Å². The molecular weight excluding hydrogens is 272 g/mol. The molecule has 0 aliphatic carbocycles. The molecule has 0 N–H and O–H groups in total. The average Bonchev–Trinajstić information content (AvgIpc) is 0.918. The predicted molar refractivity (Wildman–Crippen MR) is 11.4 cm³/mol. The van der Waals surface area contributed by atoms with E-state index in [0.29, 0.717) is 0 Å². The molecule has 0 unspecified atom stereocenters. The fourth-order valence-corrected chi connectivity index (χ4v) is 0. The second kappa shape index (κ2) is 9.00. The molecule has 0 aliphatic heterocycles. The second-order valence-corrected chi connectivity index (χ2v) is 0.204. The summed E-state index contributed by atoms with van der Waals surface area (Å²) >= 11 is 0. The molecule has 1 radical (unpaired) electrons. The first kappa shape index (κ1) is 8.89. The van der Waals surface area contributed by atoms with Crippen molar-refractivity contribution in [2.75, 3.05) is 0 Å². The molecular formula is C2H3OTh. The van der Waals surface area contributed by atoms with Crippen molar-refractivity contribution in [2.24, 2.45) is 0 Å². The first-order valence-electron chi connectivity index (χ1n) is 0.704. The van der Waals surface area contributed by atoms with Crippen molar-refractivity contribution in [3.8, 4) is 0 Å². The van der Waals surface area contributed by atoms with Crippen LogP contribution in [0.25, 0.3) is 0 Å². The van der Waals surface area contributed by atoms with Gasteiger partial charge < -0.3 is 0 Å². The second-order valence-electron chi connectivity index (χ2n) is 0.204. The summed E-state index contributed by atoms with van der Waals surface area (Å²) in [6.07, 6.45) is 1.50. The Labute approximate surface area is 57.5 Å². The number of carbonyl (C=O) groups excluding carboxylic acids is 1. The van der Waals surface area contributed by atoms with Crippen LogP contribution >= 0.6 is 0 Å². The fourth-order valence-electron chi connectivity index (χ4n) is 0. The van der Waals surface area contributed by atoms with Crippen molar-refractivity contribution in [3.63, 3.8) is 0 Å². The molecule has 0 aromatic carbocycles. The van der Waals surface area contributed by atoms with Crippen molar-refractivity contribution < 1.29 is 44.7 Å². The van der Waals surface area contributed by atoms with Gasteiger partial charge in [-0.3, -0.25) is 4.79 Å². The van der Waals surface area contributed by atoms with Gasteiger partial charge in [0.1, 0.15) is 0 Å². The molecule has 0 bridgehead atoms. The van der Waals surface area contributed by atoms with E-state index >= 15 is 0 Å². The van der Waals surface area contributed by atoms with Gasteiger partial charge in [-0.15, -0.1) is 0 Å². The summed E-state index contributed by atoms with van der Waals surface area (Å²) in [7, 11) is 0. The minimum atomic E-state index is 0. The maximum absolute atomic E-state index is 8.68. The van der Waals surface area contributed by atoms with E-state index in [1.54, 1.807) is 0 Å². The van der Waals surface area contributed by atoms with Gasteiger partial charge >= 0.3 is 0 Å².